The number of aliphatic imine (C=N–C) groups is 1. The van der Waals surface area contributed by atoms with E-state index in [-0.39, 0.29) is 12.0 Å². The van der Waals surface area contributed by atoms with Crippen LogP contribution in [-0.4, -0.2) is 48.3 Å². The summed E-state index contributed by atoms with van der Waals surface area (Å²) in [4.78, 5) is 31.5. The summed E-state index contributed by atoms with van der Waals surface area (Å²) >= 11 is 3.49. The smallest absolute Gasteiger partial charge is 0.338 e. The Labute approximate surface area is 217 Å². The molecule has 34 heavy (non-hydrogen) atoms. The molecule has 0 bridgehead atoms. The van der Waals surface area contributed by atoms with Crippen molar-refractivity contribution >= 4 is 63.2 Å². The van der Waals surface area contributed by atoms with Gasteiger partial charge >= 0.3 is 5.97 Å². The van der Waals surface area contributed by atoms with E-state index >= 15 is 0 Å². The first-order chi connectivity index (χ1) is 16.2. The molecule has 1 amide bonds. The summed E-state index contributed by atoms with van der Waals surface area (Å²) in [6.07, 6.45) is 1.84. The number of ether oxygens (including phenoxy) is 3. The number of halogens is 1. The Morgan fingerprint density at radius 2 is 1.97 bits per heavy atom. The minimum atomic E-state index is -0.404. The minimum Gasteiger partial charge on any atom is -0.490 e. The van der Waals surface area contributed by atoms with Crippen LogP contribution in [0.15, 0.2) is 46.3 Å². The van der Waals surface area contributed by atoms with E-state index in [0.717, 1.165) is 9.13 Å². The Balaban J connectivity index is 1.90. The van der Waals surface area contributed by atoms with Gasteiger partial charge in [-0.25, -0.2) is 9.79 Å². The lowest BCUT2D eigenvalue weighted by Crippen LogP contribution is -2.23. The fourth-order valence-electron chi connectivity index (χ4n) is 3.11. The van der Waals surface area contributed by atoms with Crippen LogP contribution >= 0.6 is 34.4 Å². The lowest BCUT2D eigenvalue weighted by molar-refractivity contribution is -0.121. The summed E-state index contributed by atoms with van der Waals surface area (Å²) < 4.78 is 17.7. The number of thioether (sulfide) groups is 1. The third kappa shape index (κ3) is 6.32. The summed E-state index contributed by atoms with van der Waals surface area (Å²) in [5, 5.41) is 0.525. The van der Waals surface area contributed by atoms with Gasteiger partial charge in [-0.15, -0.1) is 0 Å². The molecular formula is C25H27IN2O5S. The SMILES string of the molecule is CCOC(=O)c1cccc(N=C2SC(=Cc3cc(I)c(OC(C)C)c(OCC)c3)C(=O)N2C)c1. The molecule has 0 spiro atoms. The van der Waals surface area contributed by atoms with Crippen molar-refractivity contribution in [1.82, 2.24) is 4.90 Å². The van der Waals surface area contributed by atoms with E-state index in [4.69, 9.17) is 14.2 Å². The highest BCUT2D eigenvalue weighted by molar-refractivity contribution is 14.1. The van der Waals surface area contributed by atoms with Crippen LogP contribution in [0.4, 0.5) is 5.69 Å². The zero-order chi connectivity index (χ0) is 24.8. The predicted molar refractivity (Wildman–Crippen MR) is 144 cm³/mol. The van der Waals surface area contributed by atoms with Gasteiger partial charge < -0.3 is 14.2 Å². The van der Waals surface area contributed by atoms with E-state index in [0.29, 0.717) is 46.0 Å². The molecule has 0 aromatic heterocycles. The first-order valence-corrected chi connectivity index (χ1v) is 12.8. The molecule has 3 rings (SSSR count). The highest BCUT2D eigenvalue weighted by Gasteiger charge is 2.30. The largest absolute Gasteiger partial charge is 0.490 e. The molecule has 0 aliphatic carbocycles. The summed E-state index contributed by atoms with van der Waals surface area (Å²) in [6.45, 7) is 8.41. The molecule has 2 aromatic rings. The maximum atomic E-state index is 12.9. The standard InChI is InChI=1S/C25H27IN2O5S/c1-6-31-20-12-16(11-19(26)22(20)33-15(3)4)13-21-23(29)28(5)25(34-21)27-18-10-8-9-17(14-18)24(30)32-7-2/h8-15H,6-7H2,1-5H3. The second-order valence-electron chi connectivity index (χ2n) is 7.57. The molecular weight excluding hydrogens is 567 g/mol. The summed E-state index contributed by atoms with van der Waals surface area (Å²) in [5.74, 6) is 0.785. The maximum Gasteiger partial charge on any atom is 0.338 e. The monoisotopic (exact) mass is 594 g/mol. The Hall–Kier alpha value is -2.53. The van der Waals surface area contributed by atoms with Crippen LogP contribution in [0.2, 0.25) is 0 Å². The predicted octanol–water partition coefficient (Wildman–Crippen LogP) is 5.89. The topological polar surface area (TPSA) is 77.4 Å². The Morgan fingerprint density at radius 1 is 1.21 bits per heavy atom. The third-order valence-corrected chi connectivity index (χ3v) is 6.43. The number of likely N-dealkylation sites (N-methyl/N-ethyl adjacent to an activating group) is 1. The van der Waals surface area contributed by atoms with E-state index in [2.05, 4.69) is 27.6 Å². The summed E-state index contributed by atoms with van der Waals surface area (Å²) in [6, 6.07) is 10.7. The highest BCUT2D eigenvalue weighted by Crippen LogP contribution is 2.38. The summed E-state index contributed by atoms with van der Waals surface area (Å²) in [7, 11) is 1.68. The fourth-order valence-corrected chi connectivity index (χ4v) is 4.85. The molecule has 1 fully saturated rings. The molecule has 0 saturated carbocycles. The zero-order valence-electron chi connectivity index (χ0n) is 19.8. The van der Waals surface area contributed by atoms with Crippen molar-refractivity contribution in [2.45, 2.75) is 33.8 Å². The molecule has 0 radical (unpaired) electrons. The van der Waals surface area contributed by atoms with Crippen molar-refractivity contribution in [1.29, 1.82) is 0 Å². The van der Waals surface area contributed by atoms with Crippen molar-refractivity contribution in [3.63, 3.8) is 0 Å². The van der Waals surface area contributed by atoms with E-state index in [9.17, 15) is 9.59 Å². The normalized spacial score (nSPS) is 16.0. The Kier molecular flexibility index (Phi) is 9.01. The maximum absolute atomic E-state index is 12.9. The second kappa shape index (κ2) is 11.7. The number of carbonyl (C=O) groups excluding carboxylic acids is 2. The van der Waals surface area contributed by atoms with Crippen LogP contribution in [0.1, 0.15) is 43.6 Å². The van der Waals surface area contributed by atoms with Crippen molar-refractivity contribution in [2.75, 3.05) is 20.3 Å². The summed E-state index contributed by atoms with van der Waals surface area (Å²) in [5.41, 5.74) is 1.81. The molecule has 180 valence electrons. The number of amides is 1. The second-order valence-corrected chi connectivity index (χ2v) is 9.74. The fraction of sp³-hybridized carbons (Fsp3) is 0.320. The van der Waals surface area contributed by atoms with Crippen molar-refractivity contribution in [3.8, 4) is 11.5 Å². The van der Waals surface area contributed by atoms with Crippen LogP contribution in [0.3, 0.4) is 0 Å². The van der Waals surface area contributed by atoms with E-state index in [1.807, 2.05) is 39.0 Å². The molecule has 0 N–H and O–H groups in total. The van der Waals surface area contributed by atoms with Gasteiger partial charge in [0.2, 0.25) is 0 Å². The number of amidine groups is 1. The lowest BCUT2D eigenvalue weighted by atomic mass is 10.2. The van der Waals surface area contributed by atoms with Crippen LogP contribution in [0.25, 0.3) is 6.08 Å². The quantitative estimate of drug-likeness (QED) is 0.216. The average molecular weight is 594 g/mol. The number of esters is 1. The number of nitrogens with zero attached hydrogens (tertiary/aromatic N) is 2. The van der Waals surface area contributed by atoms with Gasteiger partial charge in [-0.1, -0.05) is 6.07 Å². The molecule has 0 atom stereocenters. The molecule has 7 nitrogen and oxygen atoms in total. The lowest BCUT2D eigenvalue weighted by Gasteiger charge is -2.17. The van der Waals surface area contributed by atoms with Gasteiger partial charge in [0.05, 0.1) is 39.0 Å². The Bertz CT molecular complexity index is 1150. The molecule has 1 saturated heterocycles. The van der Waals surface area contributed by atoms with Crippen LogP contribution in [0, 0.1) is 3.57 Å². The van der Waals surface area contributed by atoms with Crippen LogP contribution in [-0.2, 0) is 9.53 Å². The molecule has 1 heterocycles. The van der Waals surface area contributed by atoms with Gasteiger partial charge in [-0.05, 0) is 104 Å². The molecule has 9 heteroatoms. The number of rotatable bonds is 8. The number of carbonyl (C=O) groups is 2. The van der Waals surface area contributed by atoms with Gasteiger partial charge in [0.25, 0.3) is 5.91 Å². The van der Waals surface area contributed by atoms with Crippen LogP contribution < -0.4 is 9.47 Å². The molecule has 1 aliphatic rings. The third-order valence-electron chi connectivity index (χ3n) is 4.57. The van der Waals surface area contributed by atoms with E-state index < -0.39 is 5.97 Å². The molecule has 1 aliphatic heterocycles. The minimum absolute atomic E-state index is 0.0126. The average Bonchev–Trinajstić information content (AvgIpc) is 3.04. The van der Waals surface area contributed by atoms with Gasteiger partial charge in [-0.2, -0.15) is 0 Å². The molecule has 2 aromatic carbocycles. The first kappa shape index (κ1) is 26.1. The van der Waals surface area contributed by atoms with E-state index in [1.54, 1.807) is 38.2 Å². The first-order valence-electron chi connectivity index (χ1n) is 10.9. The van der Waals surface area contributed by atoms with Gasteiger partial charge in [0.1, 0.15) is 0 Å². The van der Waals surface area contributed by atoms with E-state index in [1.165, 1.54) is 16.7 Å². The van der Waals surface area contributed by atoms with Crippen molar-refractivity contribution in [3.05, 3.63) is 56.0 Å². The van der Waals surface area contributed by atoms with Gasteiger partial charge in [0, 0.05) is 7.05 Å². The highest BCUT2D eigenvalue weighted by atomic mass is 127. The van der Waals surface area contributed by atoms with Gasteiger partial charge in [0.15, 0.2) is 16.7 Å². The zero-order valence-corrected chi connectivity index (χ0v) is 22.7. The number of hydrogen-bond acceptors (Lipinski definition) is 7. The van der Waals surface area contributed by atoms with Crippen LogP contribution in [0.5, 0.6) is 11.5 Å². The van der Waals surface area contributed by atoms with Gasteiger partial charge in [-0.3, -0.25) is 9.69 Å². The molecule has 0 unspecified atom stereocenters. The Morgan fingerprint density at radius 3 is 2.65 bits per heavy atom. The number of benzene rings is 2. The van der Waals surface area contributed by atoms with Crippen molar-refractivity contribution in [2.24, 2.45) is 4.99 Å². The van der Waals surface area contributed by atoms with Crippen molar-refractivity contribution < 1.29 is 23.8 Å². The number of hydrogen-bond donors (Lipinski definition) is 0.